The minimum atomic E-state index is -4.47. The number of hydrogen-bond acceptors (Lipinski definition) is 4. The summed E-state index contributed by atoms with van der Waals surface area (Å²) in [5, 5.41) is 2.26. The Hall–Kier alpha value is -2.30. The highest BCUT2D eigenvalue weighted by Crippen LogP contribution is 2.33. The molecule has 1 aliphatic heterocycles. The Kier molecular flexibility index (Phi) is 6.59. The zero-order valence-corrected chi connectivity index (χ0v) is 18.0. The first-order chi connectivity index (χ1) is 14.0. The number of alkyl halides is 3. The van der Waals surface area contributed by atoms with Gasteiger partial charge in [-0.3, -0.25) is 19.3 Å². The zero-order chi connectivity index (χ0) is 22.1. The number of carbonyl (C=O) groups is 3. The first kappa shape index (κ1) is 22.4. The molecule has 0 unspecified atom stereocenters. The van der Waals surface area contributed by atoms with Crippen molar-refractivity contribution in [3.63, 3.8) is 0 Å². The van der Waals surface area contributed by atoms with E-state index in [0.29, 0.717) is 32.5 Å². The summed E-state index contributed by atoms with van der Waals surface area (Å²) in [4.78, 5) is 37.6. The average molecular weight is 520 g/mol. The van der Waals surface area contributed by atoms with Crippen molar-refractivity contribution in [3.05, 3.63) is 68.0 Å². The van der Waals surface area contributed by atoms with Gasteiger partial charge in [-0.15, -0.1) is 0 Å². The third kappa shape index (κ3) is 5.24. The molecule has 2 aromatic carbocycles. The van der Waals surface area contributed by atoms with Crippen molar-refractivity contribution in [2.45, 2.75) is 6.18 Å². The Morgan fingerprint density at radius 1 is 1.17 bits per heavy atom. The van der Waals surface area contributed by atoms with Gasteiger partial charge in [0.1, 0.15) is 6.54 Å². The molecule has 0 atom stereocenters. The maximum atomic E-state index is 12.6. The lowest BCUT2D eigenvalue weighted by Crippen LogP contribution is -2.36. The fraction of sp³-hybridized carbons (Fsp3) is 0.105. The molecule has 11 heteroatoms. The van der Waals surface area contributed by atoms with E-state index in [1.54, 1.807) is 12.1 Å². The van der Waals surface area contributed by atoms with Crippen LogP contribution in [0.4, 0.5) is 23.7 Å². The fourth-order valence-corrected chi connectivity index (χ4v) is 3.74. The fourth-order valence-electron chi connectivity index (χ4n) is 2.47. The molecule has 0 aromatic heterocycles. The molecule has 1 fully saturated rings. The van der Waals surface area contributed by atoms with Crippen LogP contribution >= 0.6 is 39.3 Å². The van der Waals surface area contributed by atoms with Crippen molar-refractivity contribution in [1.82, 2.24) is 4.90 Å². The quantitative estimate of drug-likeness (QED) is 0.519. The second-order valence-electron chi connectivity index (χ2n) is 6.06. The van der Waals surface area contributed by atoms with Crippen molar-refractivity contribution < 1.29 is 27.6 Å². The second-order valence-corrected chi connectivity index (χ2v) is 8.32. The van der Waals surface area contributed by atoms with E-state index in [-0.39, 0.29) is 4.91 Å². The molecule has 3 amide bonds. The molecule has 3 rings (SSSR count). The van der Waals surface area contributed by atoms with E-state index >= 15 is 0 Å². The van der Waals surface area contributed by atoms with Crippen LogP contribution in [0.1, 0.15) is 11.1 Å². The van der Waals surface area contributed by atoms with E-state index in [9.17, 15) is 27.6 Å². The molecule has 2 aromatic rings. The van der Waals surface area contributed by atoms with E-state index in [0.717, 1.165) is 17.0 Å². The molecule has 156 valence electrons. The molecule has 0 radical (unpaired) electrons. The van der Waals surface area contributed by atoms with Gasteiger partial charge in [0.2, 0.25) is 5.91 Å². The summed E-state index contributed by atoms with van der Waals surface area (Å²) >= 11 is 9.79. The van der Waals surface area contributed by atoms with Gasteiger partial charge < -0.3 is 5.32 Å². The molecule has 30 heavy (non-hydrogen) atoms. The molecular weight excluding hydrogens is 509 g/mol. The summed E-state index contributed by atoms with van der Waals surface area (Å²) in [5.74, 6) is -1.31. The average Bonchev–Trinajstić information content (AvgIpc) is 2.92. The minimum Gasteiger partial charge on any atom is -0.324 e. The monoisotopic (exact) mass is 518 g/mol. The van der Waals surface area contributed by atoms with Crippen molar-refractivity contribution in [2.75, 3.05) is 11.9 Å². The van der Waals surface area contributed by atoms with E-state index in [2.05, 4.69) is 21.2 Å². The number of amides is 3. The van der Waals surface area contributed by atoms with Gasteiger partial charge in [-0.1, -0.05) is 23.7 Å². The first-order valence-corrected chi connectivity index (χ1v) is 10.2. The second kappa shape index (κ2) is 8.83. The Morgan fingerprint density at radius 3 is 2.43 bits per heavy atom. The van der Waals surface area contributed by atoms with Crippen LogP contribution in [0.2, 0.25) is 5.02 Å². The Balaban J connectivity index is 1.68. The number of halogens is 5. The minimum absolute atomic E-state index is 0.0132. The predicted octanol–water partition coefficient (Wildman–Crippen LogP) is 5.80. The number of hydrogen-bond donors (Lipinski definition) is 1. The van der Waals surface area contributed by atoms with Gasteiger partial charge in [-0.05, 0) is 69.7 Å². The van der Waals surface area contributed by atoms with Gasteiger partial charge in [0, 0.05) is 10.2 Å². The topological polar surface area (TPSA) is 66.5 Å². The Labute approximate surface area is 186 Å². The van der Waals surface area contributed by atoms with Gasteiger partial charge in [0.25, 0.3) is 11.1 Å². The van der Waals surface area contributed by atoms with Crippen LogP contribution in [0.3, 0.4) is 0 Å². The van der Waals surface area contributed by atoms with Gasteiger partial charge in [-0.2, -0.15) is 13.2 Å². The van der Waals surface area contributed by atoms with Crippen LogP contribution in [0.25, 0.3) is 6.08 Å². The van der Waals surface area contributed by atoms with Gasteiger partial charge in [0.15, 0.2) is 0 Å². The SMILES string of the molecule is O=C(CN1C(=O)S/C(=C\c2ccc(C(F)(F)F)cc2)C1=O)Nc1ccc(Br)c(Cl)c1. The smallest absolute Gasteiger partial charge is 0.324 e. The number of thioether (sulfide) groups is 1. The van der Waals surface area contributed by atoms with Gasteiger partial charge >= 0.3 is 6.18 Å². The summed E-state index contributed by atoms with van der Waals surface area (Å²) in [7, 11) is 0. The van der Waals surface area contributed by atoms with Crippen LogP contribution in [0.15, 0.2) is 51.8 Å². The number of nitrogens with zero attached hydrogens (tertiary/aromatic N) is 1. The standard InChI is InChI=1S/C19H11BrClF3N2O3S/c20-13-6-5-12(8-14(13)21)25-16(27)9-26-17(28)15(30-18(26)29)7-10-1-3-11(4-2-10)19(22,23)24/h1-8H,9H2,(H,25,27)/b15-7-. The summed E-state index contributed by atoms with van der Waals surface area (Å²) in [6.45, 7) is -0.511. The number of benzene rings is 2. The lowest BCUT2D eigenvalue weighted by Gasteiger charge is -2.12. The van der Waals surface area contributed by atoms with Crippen LogP contribution in [-0.2, 0) is 15.8 Å². The third-order valence-corrected chi connectivity index (χ3v) is 6.05. The highest BCUT2D eigenvalue weighted by atomic mass is 79.9. The van der Waals surface area contributed by atoms with E-state index in [1.807, 2.05) is 0 Å². The molecule has 1 heterocycles. The summed E-state index contributed by atoms with van der Waals surface area (Å²) < 4.78 is 38.5. The molecule has 0 aliphatic carbocycles. The lowest BCUT2D eigenvalue weighted by atomic mass is 10.1. The highest BCUT2D eigenvalue weighted by molar-refractivity contribution is 9.10. The molecular formula is C19H11BrClF3N2O3S. The summed E-state index contributed by atoms with van der Waals surface area (Å²) in [5.41, 5.74) is -0.111. The van der Waals surface area contributed by atoms with Gasteiger partial charge in [-0.25, -0.2) is 0 Å². The molecule has 0 spiro atoms. The Morgan fingerprint density at radius 2 is 1.83 bits per heavy atom. The van der Waals surface area contributed by atoms with Crippen molar-refractivity contribution in [2.24, 2.45) is 0 Å². The number of imide groups is 1. The maximum Gasteiger partial charge on any atom is 0.416 e. The predicted molar refractivity (Wildman–Crippen MR) is 112 cm³/mol. The van der Waals surface area contributed by atoms with E-state index < -0.39 is 35.3 Å². The van der Waals surface area contributed by atoms with E-state index in [1.165, 1.54) is 24.3 Å². The van der Waals surface area contributed by atoms with Crippen LogP contribution in [0, 0.1) is 0 Å². The number of carbonyl (C=O) groups excluding carboxylic acids is 3. The van der Waals surface area contributed by atoms with Crippen LogP contribution < -0.4 is 5.32 Å². The molecule has 1 saturated heterocycles. The molecule has 1 N–H and O–H groups in total. The van der Waals surface area contributed by atoms with Crippen molar-refractivity contribution >= 4 is 68.1 Å². The zero-order valence-electron chi connectivity index (χ0n) is 14.8. The van der Waals surface area contributed by atoms with Crippen molar-refractivity contribution in [1.29, 1.82) is 0 Å². The normalized spacial score (nSPS) is 15.8. The number of rotatable bonds is 4. The molecule has 0 bridgehead atoms. The maximum absolute atomic E-state index is 12.6. The van der Waals surface area contributed by atoms with E-state index in [4.69, 9.17) is 11.6 Å². The summed E-state index contributed by atoms with van der Waals surface area (Å²) in [6, 6.07) is 8.88. The summed E-state index contributed by atoms with van der Waals surface area (Å²) in [6.07, 6.45) is -3.17. The number of anilines is 1. The number of nitrogens with one attached hydrogen (secondary N) is 1. The lowest BCUT2D eigenvalue weighted by molar-refractivity contribution is -0.137. The molecule has 5 nitrogen and oxygen atoms in total. The van der Waals surface area contributed by atoms with Gasteiger partial charge in [0.05, 0.1) is 15.5 Å². The molecule has 1 aliphatic rings. The highest BCUT2D eigenvalue weighted by Gasteiger charge is 2.36. The first-order valence-electron chi connectivity index (χ1n) is 8.22. The third-order valence-electron chi connectivity index (χ3n) is 3.91. The Bertz CT molecular complexity index is 1060. The van der Waals surface area contributed by atoms with Crippen LogP contribution in [-0.4, -0.2) is 28.5 Å². The largest absolute Gasteiger partial charge is 0.416 e. The van der Waals surface area contributed by atoms with Crippen molar-refractivity contribution in [3.8, 4) is 0 Å². The molecule has 0 saturated carbocycles. The van der Waals surface area contributed by atoms with Crippen LogP contribution in [0.5, 0.6) is 0 Å².